The van der Waals surface area contributed by atoms with Crippen LogP contribution in [-0.2, 0) is 10.8 Å². The Morgan fingerprint density at radius 3 is 1.40 bits per heavy atom. The van der Waals surface area contributed by atoms with Gasteiger partial charge < -0.3 is 0 Å². The molecule has 14 heteroatoms. The summed E-state index contributed by atoms with van der Waals surface area (Å²) in [6, 6.07) is 11.8. The van der Waals surface area contributed by atoms with Gasteiger partial charge in [0.15, 0.2) is 0 Å². The molecular weight excluding hydrogens is 790 g/mol. The highest BCUT2D eigenvalue weighted by molar-refractivity contribution is 7.32. The zero-order valence-corrected chi connectivity index (χ0v) is 32.6. The number of hydrogen-bond donors (Lipinski definition) is 0. The van der Waals surface area contributed by atoms with Gasteiger partial charge in [-0.15, -0.1) is 45.3 Å². The van der Waals surface area contributed by atoms with E-state index in [-0.39, 0.29) is 20.9 Å². The maximum Gasteiger partial charge on any atom is 0.144 e. The minimum Gasteiger partial charge on any atom is -0.205 e. The quantitative estimate of drug-likeness (QED) is 0.175. The predicted molar refractivity (Wildman–Crippen MR) is 211 cm³/mol. The lowest BCUT2D eigenvalue weighted by atomic mass is 9.79. The Morgan fingerprint density at radius 2 is 0.980 bits per heavy atom. The van der Waals surface area contributed by atoms with Crippen LogP contribution in [0.25, 0.3) is 82.6 Å². The van der Waals surface area contributed by atoms with Crippen LogP contribution in [0.4, 0.5) is 8.78 Å². The summed E-state index contributed by atoms with van der Waals surface area (Å²) in [5, 5.41) is 0.173. The molecule has 0 N–H and O–H groups in total. The minimum absolute atomic E-state index is 0.0863. The van der Waals surface area contributed by atoms with Crippen molar-refractivity contribution in [3.05, 3.63) is 80.3 Å². The first-order valence-electron chi connectivity index (χ1n) is 15.5. The van der Waals surface area contributed by atoms with Crippen molar-refractivity contribution in [1.29, 1.82) is 0 Å². The Balaban J connectivity index is 1.06. The second-order valence-corrected chi connectivity index (χ2v) is 19.8. The van der Waals surface area contributed by atoms with Crippen molar-refractivity contribution in [3.63, 3.8) is 0 Å². The van der Waals surface area contributed by atoms with E-state index in [2.05, 4.69) is 69.5 Å². The molecule has 0 saturated heterocycles. The molecule has 2 aliphatic rings. The molecule has 0 spiro atoms. The first kappa shape index (κ1) is 30.7. The summed E-state index contributed by atoms with van der Waals surface area (Å²) in [5.41, 5.74) is 10.9. The van der Waals surface area contributed by atoms with E-state index in [9.17, 15) is 8.78 Å². The maximum atomic E-state index is 14.9. The van der Waals surface area contributed by atoms with Crippen LogP contribution in [0.15, 0.2) is 36.4 Å². The Labute approximate surface area is 317 Å². The van der Waals surface area contributed by atoms with Crippen molar-refractivity contribution in [2.45, 2.75) is 38.5 Å². The molecule has 0 aliphatic heterocycles. The van der Waals surface area contributed by atoms with E-state index < -0.39 is 11.6 Å². The van der Waals surface area contributed by atoms with E-state index in [1.807, 2.05) is 0 Å². The van der Waals surface area contributed by atoms with Crippen molar-refractivity contribution in [2.24, 2.45) is 0 Å². The Hall–Kier alpha value is -2.94. The van der Waals surface area contributed by atoms with Crippen LogP contribution in [0.2, 0.25) is 10.0 Å². The molecule has 0 bridgehead atoms. The third-order valence-corrected chi connectivity index (χ3v) is 17.1. The third kappa shape index (κ3) is 3.73. The van der Waals surface area contributed by atoms with E-state index in [1.54, 1.807) is 45.3 Å². The van der Waals surface area contributed by atoms with Gasteiger partial charge >= 0.3 is 0 Å². The number of aromatic nitrogens is 4. The second-order valence-electron chi connectivity index (χ2n) is 13.8. The topological polar surface area (TPSA) is 51.6 Å². The van der Waals surface area contributed by atoms with Gasteiger partial charge in [0, 0.05) is 63.0 Å². The number of nitrogens with zero attached hydrogens (tertiary/aromatic N) is 4. The van der Waals surface area contributed by atoms with Crippen LogP contribution in [0, 0.1) is 11.6 Å². The molecule has 0 radical (unpaired) electrons. The molecule has 3 aromatic carbocycles. The number of thiophene rings is 4. The van der Waals surface area contributed by atoms with E-state index >= 15 is 0 Å². The molecule has 0 unspecified atom stereocenters. The van der Waals surface area contributed by atoms with Crippen molar-refractivity contribution in [3.8, 4) is 41.8 Å². The smallest absolute Gasteiger partial charge is 0.144 e. The van der Waals surface area contributed by atoms with Crippen LogP contribution >= 0.6 is 92.0 Å². The lowest BCUT2D eigenvalue weighted by molar-refractivity contribution is 0.630. The molecule has 0 fully saturated rings. The van der Waals surface area contributed by atoms with Gasteiger partial charge in [-0.05, 0) is 57.6 Å². The highest BCUT2D eigenvalue weighted by Gasteiger charge is 2.45. The predicted octanol–water partition coefficient (Wildman–Crippen LogP) is 13.8. The van der Waals surface area contributed by atoms with Crippen LogP contribution in [0.1, 0.15) is 49.9 Å². The molecule has 0 saturated carbocycles. The van der Waals surface area contributed by atoms with Gasteiger partial charge in [-0.3, -0.25) is 0 Å². The number of hydrogen-bond acceptors (Lipinski definition) is 10. The largest absolute Gasteiger partial charge is 0.205 e. The van der Waals surface area contributed by atoms with Gasteiger partial charge in [-0.25, -0.2) is 8.78 Å². The zero-order valence-electron chi connectivity index (χ0n) is 26.2. The lowest BCUT2D eigenvalue weighted by Gasteiger charge is -2.24. The van der Waals surface area contributed by atoms with Crippen LogP contribution in [-0.4, -0.2) is 17.5 Å². The normalized spacial score (nSPS) is 15.5. The Bertz CT molecular complexity index is 2810. The Kier molecular flexibility index (Phi) is 6.09. The van der Waals surface area contributed by atoms with Gasteiger partial charge in [0.25, 0.3) is 0 Å². The summed E-state index contributed by atoms with van der Waals surface area (Å²) in [4.78, 5) is 4.39. The molecule has 9 aromatic rings. The van der Waals surface area contributed by atoms with Crippen molar-refractivity contribution < 1.29 is 8.78 Å². The number of fused-ring (bicyclic) bond motifs is 12. The average molecular weight is 808 g/mol. The molecule has 2 aliphatic carbocycles. The summed E-state index contributed by atoms with van der Waals surface area (Å²) >= 11 is 22.2. The van der Waals surface area contributed by atoms with Crippen molar-refractivity contribution in [2.75, 3.05) is 0 Å². The second kappa shape index (κ2) is 9.93. The van der Waals surface area contributed by atoms with Gasteiger partial charge in [-0.2, -0.15) is 17.5 Å². The van der Waals surface area contributed by atoms with Crippen molar-refractivity contribution >= 4 is 133 Å². The molecule has 11 rings (SSSR count). The molecule has 6 heterocycles. The number of benzene rings is 3. The SMILES string of the molecule is CC1(C)c2cc3c(cc2-c2sc4cc(-c5c(Cl)c(F)cc6nsnc56)sc4c21)C(C)(C)c1c-3sc2cc(-c3c(Cl)c(F)cc4nsnc34)sc12. The molecule has 0 amide bonds. The fourth-order valence-electron chi connectivity index (χ4n) is 8.01. The van der Waals surface area contributed by atoms with E-state index in [1.165, 1.54) is 64.7 Å². The van der Waals surface area contributed by atoms with E-state index in [0.29, 0.717) is 33.2 Å². The molecule has 0 atom stereocenters. The fraction of sp³-hybridized carbons (Fsp3) is 0.167. The monoisotopic (exact) mass is 806 g/mol. The van der Waals surface area contributed by atoms with Gasteiger partial charge in [0.2, 0.25) is 0 Å². The summed E-state index contributed by atoms with van der Waals surface area (Å²) in [5.74, 6) is -0.964. The standard InChI is InChI=1S/C36H18Cl2F2N4S6/c1-35(2)13-5-12-14(6-11(13)31-25(35)33-21(47-31)9-19(45-33)23-27(37)15(39)7-17-29(23)43-49-41-17)36(3,4)26-32(12)48-22-10-20(46-34(22)26)24-28(38)16(40)8-18-30(24)44-50-42-18/h5-10H,1-4H3. The lowest BCUT2D eigenvalue weighted by Crippen LogP contribution is -2.17. The molecule has 50 heavy (non-hydrogen) atoms. The summed E-state index contributed by atoms with van der Waals surface area (Å²) in [6.07, 6.45) is 0. The van der Waals surface area contributed by atoms with Crippen LogP contribution < -0.4 is 0 Å². The Morgan fingerprint density at radius 1 is 0.560 bits per heavy atom. The maximum absolute atomic E-state index is 14.9. The highest BCUT2D eigenvalue weighted by Crippen LogP contribution is 2.63. The average Bonchev–Trinajstić information content (AvgIpc) is 3.91. The van der Waals surface area contributed by atoms with Gasteiger partial charge in [0.1, 0.15) is 33.7 Å². The molecule has 246 valence electrons. The minimum atomic E-state index is -0.482. The van der Waals surface area contributed by atoms with Crippen molar-refractivity contribution in [1.82, 2.24) is 17.5 Å². The zero-order chi connectivity index (χ0) is 34.2. The molecule has 4 nitrogen and oxygen atoms in total. The summed E-state index contributed by atoms with van der Waals surface area (Å²) < 4.78 is 52.0. The van der Waals surface area contributed by atoms with Crippen LogP contribution in [0.5, 0.6) is 0 Å². The number of rotatable bonds is 2. The van der Waals surface area contributed by atoms with E-state index in [0.717, 1.165) is 42.6 Å². The number of halogens is 4. The highest BCUT2D eigenvalue weighted by atomic mass is 35.5. The third-order valence-electron chi connectivity index (χ3n) is 10.4. The van der Waals surface area contributed by atoms with Gasteiger partial charge in [-0.1, -0.05) is 50.9 Å². The van der Waals surface area contributed by atoms with Crippen LogP contribution in [0.3, 0.4) is 0 Å². The summed E-state index contributed by atoms with van der Waals surface area (Å²) in [6.45, 7) is 9.24. The first-order valence-corrected chi connectivity index (χ1v) is 21.0. The summed E-state index contributed by atoms with van der Waals surface area (Å²) in [7, 11) is 0. The van der Waals surface area contributed by atoms with Gasteiger partial charge in [0.05, 0.1) is 42.9 Å². The molecule has 6 aromatic heterocycles. The van der Waals surface area contributed by atoms with E-state index in [4.69, 9.17) is 23.2 Å². The molecular formula is C36H18Cl2F2N4S6. The fourth-order valence-corrected chi connectivity index (χ4v) is 15.8. The first-order chi connectivity index (χ1) is 23.9.